The fourth-order valence-corrected chi connectivity index (χ4v) is 2.48. The third kappa shape index (κ3) is 2.86. The lowest BCUT2D eigenvalue weighted by Gasteiger charge is -2.22. The largest absolute Gasteiger partial charge is 0.368 e. The van der Waals surface area contributed by atoms with Crippen LogP contribution in [0.15, 0.2) is 24.3 Å². The second-order valence-corrected chi connectivity index (χ2v) is 4.79. The van der Waals surface area contributed by atoms with Crippen LogP contribution in [-0.2, 0) is 11.2 Å². The van der Waals surface area contributed by atoms with Gasteiger partial charge in [-0.2, -0.15) is 0 Å². The van der Waals surface area contributed by atoms with Crippen LogP contribution in [-0.4, -0.2) is 11.9 Å². The van der Waals surface area contributed by atoms with Crippen molar-refractivity contribution < 1.29 is 4.79 Å². The molecule has 0 fully saturated rings. The van der Waals surface area contributed by atoms with Gasteiger partial charge in [-0.25, -0.2) is 0 Å². The van der Waals surface area contributed by atoms with Crippen LogP contribution in [0.2, 0.25) is 0 Å². The molecule has 3 nitrogen and oxygen atoms in total. The molecule has 2 unspecified atom stereocenters. The second kappa shape index (κ2) is 5.32. The van der Waals surface area contributed by atoms with Crippen LogP contribution in [0.3, 0.4) is 0 Å². The molecule has 1 aliphatic carbocycles. The van der Waals surface area contributed by atoms with E-state index in [0.29, 0.717) is 0 Å². The molecule has 0 saturated carbocycles. The lowest BCUT2D eigenvalue weighted by atomic mass is 9.98. The van der Waals surface area contributed by atoms with Crippen molar-refractivity contribution >= 4 is 5.91 Å². The summed E-state index contributed by atoms with van der Waals surface area (Å²) in [7, 11) is 0. The Morgan fingerprint density at radius 2 is 2.18 bits per heavy atom. The zero-order chi connectivity index (χ0) is 12.3. The summed E-state index contributed by atoms with van der Waals surface area (Å²) < 4.78 is 0. The minimum Gasteiger partial charge on any atom is -0.368 e. The van der Waals surface area contributed by atoms with Gasteiger partial charge in [-0.1, -0.05) is 30.7 Å². The molecule has 2 atom stereocenters. The standard InChI is InChI=1S/C14H20N2O/c1-10(14(15)17)16-13-9-5-3-7-11-6-2-4-8-12(11)13/h2,4,6,8,10,13,16H,3,5,7,9H2,1H3,(H2,15,17). The van der Waals surface area contributed by atoms with Gasteiger partial charge in [-0.3, -0.25) is 10.1 Å². The Kier molecular flexibility index (Phi) is 3.79. The summed E-state index contributed by atoms with van der Waals surface area (Å²) >= 11 is 0. The number of nitrogens with one attached hydrogen (secondary N) is 1. The Balaban J connectivity index is 2.20. The van der Waals surface area contributed by atoms with Crippen LogP contribution < -0.4 is 11.1 Å². The quantitative estimate of drug-likeness (QED) is 0.782. The van der Waals surface area contributed by atoms with Gasteiger partial charge in [0.05, 0.1) is 6.04 Å². The van der Waals surface area contributed by atoms with E-state index in [1.807, 2.05) is 6.92 Å². The maximum atomic E-state index is 11.1. The number of hydrogen-bond donors (Lipinski definition) is 2. The SMILES string of the molecule is CC(NC1CCCCc2ccccc21)C(N)=O. The third-order valence-corrected chi connectivity index (χ3v) is 3.50. The number of aryl methyl sites for hydroxylation is 1. The summed E-state index contributed by atoms with van der Waals surface area (Å²) in [5, 5.41) is 3.34. The summed E-state index contributed by atoms with van der Waals surface area (Å²) in [5.41, 5.74) is 8.04. The fourth-order valence-electron chi connectivity index (χ4n) is 2.48. The highest BCUT2D eigenvalue weighted by molar-refractivity contribution is 5.79. The minimum atomic E-state index is -0.285. The molecular weight excluding hydrogens is 212 g/mol. The van der Waals surface area contributed by atoms with Gasteiger partial charge in [-0.15, -0.1) is 0 Å². The maximum Gasteiger partial charge on any atom is 0.234 e. The molecule has 0 heterocycles. The van der Waals surface area contributed by atoms with Crippen molar-refractivity contribution in [2.75, 3.05) is 0 Å². The van der Waals surface area contributed by atoms with E-state index in [0.717, 1.165) is 12.8 Å². The highest BCUT2D eigenvalue weighted by atomic mass is 16.1. The van der Waals surface area contributed by atoms with Crippen LogP contribution in [0.5, 0.6) is 0 Å². The summed E-state index contributed by atoms with van der Waals surface area (Å²) in [6.07, 6.45) is 4.63. The first-order valence-electron chi connectivity index (χ1n) is 6.31. The first-order valence-corrected chi connectivity index (χ1v) is 6.31. The normalized spacial score (nSPS) is 21.4. The molecule has 1 amide bonds. The number of nitrogens with two attached hydrogens (primary N) is 1. The Hall–Kier alpha value is -1.35. The molecule has 0 aliphatic heterocycles. The molecule has 2 rings (SSSR count). The predicted octanol–water partition coefficient (Wildman–Crippen LogP) is 1.92. The van der Waals surface area contributed by atoms with Crippen LogP contribution in [0.1, 0.15) is 43.4 Å². The van der Waals surface area contributed by atoms with Crippen LogP contribution >= 0.6 is 0 Å². The van der Waals surface area contributed by atoms with E-state index in [2.05, 4.69) is 29.6 Å². The lowest BCUT2D eigenvalue weighted by Crippen LogP contribution is -2.40. The van der Waals surface area contributed by atoms with Gasteiger partial charge in [0.2, 0.25) is 5.91 Å². The molecule has 0 bridgehead atoms. The molecule has 3 N–H and O–H groups in total. The van der Waals surface area contributed by atoms with Crippen molar-refractivity contribution in [2.24, 2.45) is 5.73 Å². The van der Waals surface area contributed by atoms with Gasteiger partial charge >= 0.3 is 0 Å². The van der Waals surface area contributed by atoms with Gasteiger partial charge in [0.1, 0.15) is 0 Å². The van der Waals surface area contributed by atoms with Crippen molar-refractivity contribution in [1.82, 2.24) is 5.32 Å². The number of hydrogen-bond acceptors (Lipinski definition) is 2. The molecule has 17 heavy (non-hydrogen) atoms. The van der Waals surface area contributed by atoms with E-state index in [4.69, 9.17) is 5.73 Å². The summed E-state index contributed by atoms with van der Waals surface area (Å²) in [6.45, 7) is 1.83. The van der Waals surface area contributed by atoms with Crippen LogP contribution in [0.25, 0.3) is 0 Å². The van der Waals surface area contributed by atoms with Crippen molar-refractivity contribution in [3.8, 4) is 0 Å². The third-order valence-electron chi connectivity index (χ3n) is 3.50. The second-order valence-electron chi connectivity index (χ2n) is 4.79. The minimum absolute atomic E-state index is 0.260. The first kappa shape index (κ1) is 12.1. The number of carbonyl (C=O) groups is 1. The molecule has 1 aromatic rings. The van der Waals surface area contributed by atoms with E-state index in [9.17, 15) is 4.79 Å². The zero-order valence-electron chi connectivity index (χ0n) is 10.3. The number of fused-ring (bicyclic) bond motifs is 1. The number of amides is 1. The van der Waals surface area contributed by atoms with Gasteiger partial charge in [0.25, 0.3) is 0 Å². The summed E-state index contributed by atoms with van der Waals surface area (Å²) in [5.74, 6) is -0.285. The van der Waals surface area contributed by atoms with E-state index in [1.165, 1.54) is 24.0 Å². The van der Waals surface area contributed by atoms with Crippen LogP contribution in [0.4, 0.5) is 0 Å². The van der Waals surface area contributed by atoms with Gasteiger partial charge in [0, 0.05) is 6.04 Å². The van der Waals surface area contributed by atoms with E-state index < -0.39 is 0 Å². The lowest BCUT2D eigenvalue weighted by molar-refractivity contribution is -0.119. The number of benzene rings is 1. The van der Waals surface area contributed by atoms with E-state index in [-0.39, 0.29) is 18.0 Å². The molecule has 3 heteroatoms. The number of primary amides is 1. The number of rotatable bonds is 3. The fraction of sp³-hybridized carbons (Fsp3) is 0.500. The predicted molar refractivity (Wildman–Crippen MR) is 68.5 cm³/mol. The molecule has 92 valence electrons. The topological polar surface area (TPSA) is 55.1 Å². The average molecular weight is 232 g/mol. The molecule has 0 saturated heterocycles. The van der Waals surface area contributed by atoms with Gasteiger partial charge in [-0.05, 0) is 37.3 Å². The molecule has 1 aliphatic rings. The summed E-state index contributed by atoms with van der Waals surface area (Å²) in [6, 6.07) is 8.48. The molecule has 1 aromatic carbocycles. The van der Waals surface area contributed by atoms with Gasteiger partial charge in [0.15, 0.2) is 0 Å². The number of carbonyl (C=O) groups excluding carboxylic acids is 1. The maximum absolute atomic E-state index is 11.1. The van der Waals surface area contributed by atoms with Gasteiger partial charge < -0.3 is 5.73 Å². The first-order chi connectivity index (χ1) is 8.18. The van der Waals surface area contributed by atoms with Crippen LogP contribution in [0, 0.1) is 0 Å². The van der Waals surface area contributed by atoms with E-state index in [1.54, 1.807) is 0 Å². The van der Waals surface area contributed by atoms with Crippen molar-refractivity contribution in [3.05, 3.63) is 35.4 Å². The Morgan fingerprint density at radius 3 is 2.94 bits per heavy atom. The smallest absolute Gasteiger partial charge is 0.234 e. The highest BCUT2D eigenvalue weighted by Crippen LogP contribution is 2.28. The Morgan fingerprint density at radius 1 is 1.41 bits per heavy atom. The Labute approximate surface area is 102 Å². The van der Waals surface area contributed by atoms with Crippen molar-refractivity contribution in [1.29, 1.82) is 0 Å². The average Bonchev–Trinajstić information content (AvgIpc) is 2.52. The molecular formula is C14H20N2O. The van der Waals surface area contributed by atoms with Crippen molar-refractivity contribution in [2.45, 2.75) is 44.7 Å². The molecule has 0 spiro atoms. The van der Waals surface area contributed by atoms with E-state index >= 15 is 0 Å². The molecule has 0 radical (unpaired) electrons. The monoisotopic (exact) mass is 232 g/mol. The Bertz CT molecular complexity index is 403. The summed E-state index contributed by atoms with van der Waals surface area (Å²) in [4.78, 5) is 11.1. The zero-order valence-corrected chi connectivity index (χ0v) is 10.3. The molecule has 0 aromatic heterocycles. The van der Waals surface area contributed by atoms with Crippen molar-refractivity contribution in [3.63, 3.8) is 0 Å². The highest BCUT2D eigenvalue weighted by Gasteiger charge is 2.21.